The lowest BCUT2D eigenvalue weighted by molar-refractivity contribution is -0.186. The highest BCUT2D eigenvalue weighted by molar-refractivity contribution is 9.10. The van der Waals surface area contributed by atoms with E-state index in [-0.39, 0.29) is 5.75 Å². The fourth-order valence-electron chi connectivity index (χ4n) is 1.20. The van der Waals surface area contributed by atoms with Gasteiger partial charge in [-0.3, -0.25) is 0 Å². The van der Waals surface area contributed by atoms with Gasteiger partial charge in [-0.2, -0.15) is 13.2 Å². The van der Waals surface area contributed by atoms with Crippen molar-refractivity contribution in [1.29, 1.82) is 0 Å². The van der Waals surface area contributed by atoms with Gasteiger partial charge in [-0.05, 0) is 24.3 Å². The minimum atomic E-state index is -4.42. The van der Waals surface area contributed by atoms with Crippen LogP contribution >= 0.6 is 15.9 Å². The van der Waals surface area contributed by atoms with Crippen molar-refractivity contribution in [2.24, 2.45) is 0 Å². The summed E-state index contributed by atoms with van der Waals surface area (Å²) in [6.45, 7) is -2.00. The molecule has 1 rings (SSSR count). The van der Waals surface area contributed by atoms with Crippen LogP contribution in [0.25, 0.3) is 6.08 Å². The third-order valence-electron chi connectivity index (χ3n) is 1.94. The van der Waals surface area contributed by atoms with E-state index in [1.54, 1.807) is 12.1 Å². The molecule has 0 radical (unpaired) electrons. The molecule has 1 aromatic carbocycles. The van der Waals surface area contributed by atoms with Crippen molar-refractivity contribution >= 4 is 28.0 Å². The maximum absolute atomic E-state index is 11.9. The molecule has 0 bridgehead atoms. The molecule has 0 unspecified atom stereocenters. The average Bonchev–Trinajstić information content (AvgIpc) is 2.32. The van der Waals surface area contributed by atoms with Crippen molar-refractivity contribution in [2.75, 3.05) is 13.4 Å². The van der Waals surface area contributed by atoms with Gasteiger partial charge in [0.2, 0.25) is 0 Å². The molecule has 0 aliphatic rings. The Kier molecular flexibility index (Phi) is 6.03. The number of hydrogen-bond donors (Lipinski definition) is 1. The zero-order chi connectivity index (χ0) is 15.2. The van der Waals surface area contributed by atoms with Gasteiger partial charge in [0.25, 0.3) is 0 Å². The standard InChI is InChI=1S/C12H10BrF3O4/c13-9-2-3-10(8(5-9)1-4-11(17)18)20-7-19-6-12(14,15)16/h1-5H,6-7H2,(H,17,18)/b4-1+. The SMILES string of the molecule is O=C(O)/C=C/c1cc(Br)ccc1OCOCC(F)(F)F. The second kappa shape index (κ2) is 7.30. The molecule has 8 heteroatoms. The predicted octanol–water partition coefficient (Wildman–Crippen LogP) is 3.46. The Labute approximate surface area is 120 Å². The van der Waals surface area contributed by atoms with E-state index in [2.05, 4.69) is 20.7 Å². The summed E-state index contributed by atoms with van der Waals surface area (Å²) in [5, 5.41) is 8.55. The Hall–Kier alpha value is -1.54. The minimum Gasteiger partial charge on any atom is -0.478 e. The Morgan fingerprint density at radius 3 is 2.70 bits per heavy atom. The molecule has 0 aliphatic carbocycles. The van der Waals surface area contributed by atoms with E-state index in [9.17, 15) is 18.0 Å². The number of halogens is 4. The van der Waals surface area contributed by atoms with Gasteiger partial charge >= 0.3 is 12.1 Å². The van der Waals surface area contributed by atoms with Crippen LogP contribution in [0.2, 0.25) is 0 Å². The Bertz CT molecular complexity index is 500. The maximum Gasteiger partial charge on any atom is 0.411 e. The highest BCUT2D eigenvalue weighted by atomic mass is 79.9. The number of carboxylic acid groups (broad SMARTS) is 1. The van der Waals surface area contributed by atoms with Crippen molar-refractivity contribution in [3.63, 3.8) is 0 Å². The van der Waals surface area contributed by atoms with Gasteiger partial charge in [0, 0.05) is 16.1 Å². The Balaban J connectivity index is 2.67. The first kappa shape index (κ1) is 16.5. The van der Waals surface area contributed by atoms with E-state index in [4.69, 9.17) is 9.84 Å². The summed E-state index contributed by atoms with van der Waals surface area (Å²) in [4.78, 5) is 10.5. The number of alkyl halides is 3. The van der Waals surface area contributed by atoms with Crippen LogP contribution in [-0.4, -0.2) is 30.7 Å². The molecule has 0 amide bonds. The maximum atomic E-state index is 11.9. The van der Waals surface area contributed by atoms with Crippen molar-refractivity contribution in [1.82, 2.24) is 0 Å². The lowest BCUT2D eigenvalue weighted by atomic mass is 10.2. The second-order valence-electron chi connectivity index (χ2n) is 3.58. The number of aliphatic carboxylic acids is 1. The van der Waals surface area contributed by atoms with Gasteiger partial charge in [0.1, 0.15) is 12.4 Å². The van der Waals surface area contributed by atoms with E-state index >= 15 is 0 Å². The lowest BCUT2D eigenvalue weighted by Gasteiger charge is -2.11. The van der Waals surface area contributed by atoms with Crippen LogP contribution in [0.3, 0.4) is 0 Å². The topological polar surface area (TPSA) is 55.8 Å². The minimum absolute atomic E-state index is 0.216. The first-order chi connectivity index (χ1) is 9.28. The largest absolute Gasteiger partial charge is 0.478 e. The zero-order valence-corrected chi connectivity index (χ0v) is 11.6. The number of benzene rings is 1. The molecule has 0 aromatic heterocycles. The van der Waals surface area contributed by atoms with E-state index < -0.39 is 25.5 Å². The van der Waals surface area contributed by atoms with E-state index in [1.165, 1.54) is 12.1 Å². The van der Waals surface area contributed by atoms with Crippen LogP contribution in [0.1, 0.15) is 5.56 Å². The molecule has 0 atom stereocenters. The van der Waals surface area contributed by atoms with Crippen molar-refractivity contribution in [3.05, 3.63) is 34.3 Å². The van der Waals surface area contributed by atoms with Crippen molar-refractivity contribution < 1.29 is 32.5 Å². The van der Waals surface area contributed by atoms with Crippen LogP contribution in [0.5, 0.6) is 5.75 Å². The van der Waals surface area contributed by atoms with Gasteiger partial charge in [0.05, 0.1) is 0 Å². The van der Waals surface area contributed by atoms with Gasteiger partial charge in [0.15, 0.2) is 6.79 Å². The second-order valence-corrected chi connectivity index (χ2v) is 4.50. The average molecular weight is 355 g/mol. The third-order valence-corrected chi connectivity index (χ3v) is 2.43. The fraction of sp³-hybridized carbons (Fsp3) is 0.250. The quantitative estimate of drug-likeness (QED) is 0.482. The van der Waals surface area contributed by atoms with Crippen LogP contribution < -0.4 is 4.74 Å². The van der Waals surface area contributed by atoms with Crippen molar-refractivity contribution in [3.8, 4) is 5.75 Å². The third kappa shape index (κ3) is 6.58. The molecule has 0 spiro atoms. The van der Waals surface area contributed by atoms with Crippen molar-refractivity contribution in [2.45, 2.75) is 6.18 Å². The molecular formula is C12H10BrF3O4. The Morgan fingerprint density at radius 2 is 2.10 bits per heavy atom. The summed E-state index contributed by atoms with van der Waals surface area (Å²) in [6, 6.07) is 4.66. The smallest absolute Gasteiger partial charge is 0.411 e. The van der Waals surface area contributed by atoms with Gasteiger partial charge in [-0.15, -0.1) is 0 Å². The van der Waals surface area contributed by atoms with Gasteiger partial charge in [-0.1, -0.05) is 15.9 Å². The predicted molar refractivity (Wildman–Crippen MR) is 68.3 cm³/mol. The molecule has 1 aromatic rings. The lowest BCUT2D eigenvalue weighted by Crippen LogP contribution is -2.19. The summed E-state index contributed by atoms with van der Waals surface area (Å²) in [7, 11) is 0. The summed E-state index contributed by atoms with van der Waals surface area (Å²) in [5.41, 5.74) is 0.400. The first-order valence-electron chi connectivity index (χ1n) is 5.26. The Morgan fingerprint density at radius 1 is 1.40 bits per heavy atom. The highest BCUT2D eigenvalue weighted by Crippen LogP contribution is 2.25. The molecule has 0 heterocycles. The first-order valence-corrected chi connectivity index (χ1v) is 6.05. The highest BCUT2D eigenvalue weighted by Gasteiger charge is 2.27. The van der Waals surface area contributed by atoms with Crippen LogP contribution in [0.4, 0.5) is 13.2 Å². The summed E-state index contributed by atoms with van der Waals surface area (Å²) in [6.07, 6.45) is -2.26. The molecule has 0 saturated heterocycles. The summed E-state index contributed by atoms with van der Waals surface area (Å²) < 4.78 is 45.6. The zero-order valence-electron chi connectivity index (χ0n) is 9.98. The molecule has 20 heavy (non-hydrogen) atoms. The molecule has 0 saturated carbocycles. The molecule has 0 aliphatic heterocycles. The van der Waals surface area contributed by atoms with E-state index in [0.29, 0.717) is 10.0 Å². The van der Waals surface area contributed by atoms with Crippen LogP contribution in [0, 0.1) is 0 Å². The fourth-order valence-corrected chi connectivity index (χ4v) is 1.58. The summed E-state index contributed by atoms with van der Waals surface area (Å²) >= 11 is 3.19. The number of rotatable bonds is 6. The van der Waals surface area contributed by atoms with Crippen LogP contribution in [0.15, 0.2) is 28.7 Å². The monoisotopic (exact) mass is 354 g/mol. The van der Waals surface area contributed by atoms with Gasteiger partial charge < -0.3 is 14.6 Å². The normalized spacial score (nSPS) is 11.8. The number of ether oxygens (including phenoxy) is 2. The molecule has 1 N–H and O–H groups in total. The molecule has 0 fully saturated rings. The number of carboxylic acids is 1. The number of hydrogen-bond acceptors (Lipinski definition) is 3. The van der Waals surface area contributed by atoms with Crippen LogP contribution in [-0.2, 0) is 9.53 Å². The van der Waals surface area contributed by atoms with E-state index in [1.807, 2.05) is 0 Å². The van der Waals surface area contributed by atoms with Gasteiger partial charge in [-0.25, -0.2) is 4.79 Å². The molecule has 110 valence electrons. The van der Waals surface area contributed by atoms with E-state index in [0.717, 1.165) is 6.08 Å². The number of carbonyl (C=O) groups is 1. The summed E-state index contributed by atoms with van der Waals surface area (Å²) in [5.74, 6) is -0.933. The molecule has 4 nitrogen and oxygen atoms in total. The molecular weight excluding hydrogens is 345 g/mol.